The molecule has 0 saturated carbocycles. The second-order valence-electron chi connectivity index (χ2n) is 2.58. The lowest BCUT2D eigenvalue weighted by molar-refractivity contribution is 1.26. The van der Waals surface area contributed by atoms with Gasteiger partial charge in [0.2, 0.25) is 0 Å². The van der Waals surface area contributed by atoms with Gasteiger partial charge in [-0.25, -0.2) is 0 Å². The molecule has 0 unspecified atom stereocenters. The number of rotatable bonds is 0. The van der Waals surface area contributed by atoms with Crippen LogP contribution >= 0.6 is 0 Å². The molecule has 0 fully saturated rings. The summed E-state index contributed by atoms with van der Waals surface area (Å²) in [6.07, 6.45) is 6.16. The van der Waals surface area contributed by atoms with Gasteiger partial charge < -0.3 is 4.98 Å². The minimum absolute atomic E-state index is 1.11. The molecule has 1 N–H and O–H groups in total. The molecule has 2 heteroatoms. The number of hydrogen-bond acceptors (Lipinski definition) is 1. The van der Waals surface area contributed by atoms with Crippen LogP contribution in [0.15, 0.2) is 24.1 Å². The van der Waals surface area contributed by atoms with Gasteiger partial charge in [0, 0.05) is 0 Å². The Morgan fingerprint density at radius 3 is 2.25 bits per heavy atom. The number of hydrogen-bond donors (Lipinski definition) is 1. The molecule has 0 saturated heterocycles. The molecule has 1 aliphatic rings. The average Bonchev–Trinajstić information content (AvgIpc) is 1.65. The predicted octanol–water partition coefficient (Wildman–Crippen LogP) is 1.40. The van der Waals surface area contributed by atoms with Crippen molar-refractivity contribution in [2.75, 3.05) is 0 Å². The molecule has 0 spiro atoms. The topological polar surface area (TPSA) is 12.0 Å². The van der Waals surface area contributed by atoms with Crippen LogP contribution in [0.5, 0.6) is 0 Å². The summed E-state index contributed by atoms with van der Waals surface area (Å²) in [5, 5.41) is 0. The molecule has 0 bridgehead atoms. The predicted molar refractivity (Wildman–Crippen MR) is 38.9 cm³/mol. The first-order valence-corrected chi connectivity index (χ1v) is 5.90. The normalized spacial score (nSPS) is 22.8. The quantitative estimate of drug-likeness (QED) is 0.483. The minimum Gasteiger partial charge on any atom is -0.413 e. The lowest BCUT2D eigenvalue weighted by Crippen LogP contribution is -2.40. The summed E-state index contributed by atoms with van der Waals surface area (Å²) in [6.45, 7) is 4.54. The fourth-order valence-electron chi connectivity index (χ4n) is 0.663. The first kappa shape index (κ1) is 5.63. The summed E-state index contributed by atoms with van der Waals surface area (Å²) in [4.78, 5) is 3.33. The molecule has 1 heterocycles. The fourth-order valence-corrected chi connectivity index (χ4v) is 1.88. The van der Waals surface area contributed by atoms with Gasteiger partial charge in [0.1, 0.15) is 0 Å². The largest absolute Gasteiger partial charge is 0.413 e. The van der Waals surface area contributed by atoms with Gasteiger partial charge in [-0.1, -0.05) is 11.8 Å². The van der Waals surface area contributed by atoms with Gasteiger partial charge in [-0.2, -0.15) is 0 Å². The highest BCUT2D eigenvalue weighted by Crippen LogP contribution is 2.02. The van der Waals surface area contributed by atoms with E-state index in [2.05, 4.69) is 29.9 Å². The Labute approximate surface area is 51.2 Å². The summed E-state index contributed by atoms with van der Waals surface area (Å²) in [7, 11) is -1.11. The van der Waals surface area contributed by atoms with Crippen LogP contribution in [0.1, 0.15) is 0 Å². The molecule has 1 nitrogen and oxygen atoms in total. The molecule has 0 radical (unpaired) electrons. The molecule has 0 amide bonds. The van der Waals surface area contributed by atoms with E-state index in [1.54, 1.807) is 0 Å². The van der Waals surface area contributed by atoms with Gasteiger partial charge in [0.05, 0.1) is 0 Å². The molecule has 44 valence electrons. The maximum atomic E-state index is 3.33. The third-order valence-corrected chi connectivity index (χ3v) is 3.11. The first-order chi connectivity index (χ1) is 3.71. The van der Waals surface area contributed by atoms with Gasteiger partial charge in [-0.15, -0.1) is 0 Å². The van der Waals surface area contributed by atoms with Crippen LogP contribution in [-0.2, 0) is 0 Å². The van der Waals surface area contributed by atoms with Crippen molar-refractivity contribution in [2.24, 2.45) is 0 Å². The van der Waals surface area contributed by atoms with Crippen LogP contribution in [0, 0.1) is 0 Å². The molecular weight excluding hydrogens is 114 g/mol. The van der Waals surface area contributed by atoms with Crippen molar-refractivity contribution in [3.63, 3.8) is 0 Å². The summed E-state index contributed by atoms with van der Waals surface area (Å²) >= 11 is 0. The zero-order valence-corrected chi connectivity index (χ0v) is 6.31. The summed E-state index contributed by atoms with van der Waals surface area (Å²) in [5.74, 6) is 0. The Morgan fingerprint density at radius 2 is 2.00 bits per heavy atom. The van der Waals surface area contributed by atoms with Crippen LogP contribution in [0.2, 0.25) is 13.1 Å². The van der Waals surface area contributed by atoms with Crippen molar-refractivity contribution in [3.05, 3.63) is 24.1 Å². The lowest BCUT2D eigenvalue weighted by Gasteiger charge is -2.19. The Morgan fingerprint density at radius 1 is 1.25 bits per heavy atom. The minimum atomic E-state index is -1.11. The molecule has 0 aromatic heterocycles. The molecule has 0 atom stereocenters. The molecule has 0 aromatic carbocycles. The van der Waals surface area contributed by atoms with E-state index in [0.29, 0.717) is 0 Å². The monoisotopic (exact) mass is 125 g/mol. The third-order valence-electron chi connectivity index (χ3n) is 1.18. The standard InChI is InChI=1S/C6H11NSi/c1-8(2)6-4-3-5-7-8/h3-7H,1-2H3. The fraction of sp³-hybridized carbons (Fsp3) is 0.333. The molecule has 1 aliphatic heterocycles. The molecule has 8 heavy (non-hydrogen) atoms. The average molecular weight is 125 g/mol. The Balaban J connectivity index is 2.65. The van der Waals surface area contributed by atoms with E-state index in [4.69, 9.17) is 0 Å². The Hall–Kier alpha value is -0.503. The highest BCUT2D eigenvalue weighted by Gasteiger charge is 2.14. The van der Waals surface area contributed by atoms with Crippen molar-refractivity contribution in [1.82, 2.24) is 4.98 Å². The Kier molecular flexibility index (Phi) is 1.25. The van der Waals surface area contributed by atoms with Crippen LogP contribution in [0.3, 0.4) is 0 Å². The van der Waals surface area contributed by atoms with E-state index in [1.165, 1.54) is 0 Å². The van der Waals surface area contributed by atoms with Crippen LogP contribution < -0.4 is 4.98 Å². The van der Waals surface area contributed by atoms with Crippen molar-refractivity contribution >= 4 is 8.24 Å². The molecule has 1 rings (SSSR count). The number of nitrogens with one attached hydrogen (secondary N) is 1. The van der Waals surface area contributed by atoms with Crippen LogP contribution in [-0.4, -0.2) is 8.24 Å². The van der Waals surface area contributed by atoms with Crippen molar-refractivity contribution in [3.8, 4) is 0 Å². The van der Waals surface area contributed by atoms with E-state index < -0.39 is 8.24 Å². The second kappa shape index (κ2) is 1.78. The van der Waals surface area contributed by atoms with Crippen molar-refractivity contribution < 1.29 is 0 Å². The van der Waals surface area contributed by atoms with Crippen molar-refractivity contribution in [2.45, 2.75) is 13.1 Å². The Bertz CT molecular complexity index is 135. The molecule has 0 aromatic rings. The van der Waals surface area contributed by atoms with Gasteiger partial charge in [0.25, 0.3) is 0 Å². The van der Waals surface area contributed by atoms with E-state index in [1.807, 2.05) is 12.3 Å². The van der Waals surface area contributed by atoms with Gasteiger partial charge in [-0.05, 0) is 25.4 Å². The van der Waals surface area contributed by atoms with Gasteiger partial charge >= 0.3 is 0 Å². The highest BCUT2D eigenvalue weighted by molar-refractivity contribution is 6.80. The molecular formula is C6H11NSi. The van der Waals surface area contributed by atoms with E-state index in [0.717, 1.165) is 0 Å². The molecule has 0 aliphatic carbocycles. The van der Waals surface area contributed by atoms with Crippen LogP contribution in [0.4, 0.5) is 0 Å². The maximum Gasteiger partial charge on any atom is 0.171 e. The van der Waals surface area contributed by atoms with Gasteiger partial charge in [0.15, 0.2) is 8.24 Å². The first-order valence-electron chi connectivity index (χ1n) is 2.83. The van der Waals surface area contributed by atoms with E-state index in [-0.39, 0.29) is 0 Å². The smallest absolute Gasteiger partial charge is 0.171 e. The van der Waals surface area contributed by atoms with Crippen molar-refractivity contribution in [1.29, 1.82) is 0 Å². The summed E-state index contributed by atoms with van der Waals surface area (Å²) < 4.78 is 0. The zero-order chi connectivity index (χ0) is 6.04. The lowest BCUT2D eigenvalue weighted by atomic mass is 10.6. The summed E-state index contributed by atoms with van der Waals surface area (Å²) in [5.41, 5.74) is 2.27. The maximum absolute atomic E-state index is 3.33. The SMILES string of the molecule is C[Si]1(C)C=CC=CN1. The third kappa shape index (κ3) is 1.23. The summed E-state index contributed by atoms with van der Waals surface area (Å²) in [6, 6.07) is 0. The van der Waals surface area contributed by atoms with Gasteiger partial charge in [-0.3, -0.25) is 0 Å². The second-order valence-corrected chi connectivity index (χ2v) is 6.65. The zero-order valence-electron chi connectivity index (χ0n) is 5.31. The van der Waals surface area contributed by atoms with Crippen LogP contribution in [0.25, 0.3) is 0 Å². The van der Waals surface area contributed by atoms with E-state index >= 15 is 0 Å². The number of allylic oxidation sites excluding steroid dienone is 2. The van der Waals surface area contributed by atoms with E-state index in [9.17, 15) is 0 Å². The highest BCUT2D eigenvalue weighted by atomic mass is 28.3.